The van der Waals surface area contributed by atoms with Crippen LogP contribution in [-0.4, -0.2) is 7.05 Å². The standard InChI is InChI=1S/C24H21N/c1-25-17-8-6-7-16(13-17)14-22-18-9-2-4-11-20(18)23-15-24(23)21-12-5-3-10-19(21)22/h2-14,23-25H,15H2,1H3/b22-14-/t23?,24-/m1/s1. The van der Waals surface area contributed by atoms with E-state index in [9.17, 15) is 0 Å². The number of rotatable bonds is 2. The molecule has 3 aromatic rings. The van der Waals surface area contributed by atoms with E-state index < -0.39 is 0 Å². The molecular weight excluding hydrogens is 302 g/mol. The lowest BCUT2D eigenvalue weighted by Gasteiger charge is -2.14. The fourth-order valence-electron chi connectivity index (χ4n) is 4.26. The molecule has 0 heterocycles. The third-order valence-corrected chi connectivity index (χ3v) is 5.58. The van der Waals surface area contributed by atoms with Crippen LogP contribution < -0.4 is 5.32 Å². The first-order valence-corrected chi connectivity index (χ1v) is 9.03. The molecule has 25 heavy (non-hydrogen) atoms. The van der Waals surface area contributed by atoms with E-state index in [0.717, 1.165) is 5.69 Å². The Hall–Kier alpha value is -2.80. The number of hydrogen-bond donors (Lipinski definition) is 1. The lowest BCUT2D eigenvalue weighted by Crippen LogP contribution is -1.94. The quantitative estimate of drug-likeness (QED) is 0.619. The average molecular weight is 323 g/mol. The van der Waals surface area contributed by atoms with Crippen molar-refractivity contribution in [2.75, 3.05) is 12.4 Å². The van der Waals surface area contributed by atoms with Crippen molar-refractivity contribution < 1.29 is 0 Å². The highest BCUT2D eigenvalue weighted by Crippen LogP contribution is 2.60. The maximum Gasteiger partial charge on any atom is 0.0343 e. The van der Waals surface area contributed by atoms with Crippen LogP contribution in [0.2, 0.25) is 0 Å². The van der Waals surface area contributed by atoms with Crippen molar-refractivity contribution in [3.05, 3.63) is 101 Å². The molecule has 122 valence electrons. The van der Waals surface area contributed by atoms with Crippen molar-refractivity contribution >= 4 is 17.3 Å². The zero-order valence-electron chi connectivity index (χ0n) is 14.4. The summed E-state index contributed by atoms with van der Waals surface area (Å²) in [6.07, 6.45) is 3.64. The molecular formula is C24H21N. The second-order valence-electron chi connectivity index (χ2n) is 7.06. The molecule has 0 bridgehead atoms. The van der Waals surface area contributed by atoms with Crippen LogP contribution in [0.15, 0.2) is 72.8 Å². The first kappa shape index (κ1) is 14.5. The number of nitrogens with one attached hydrogen (secondary N) is 1. The van der Waals surface area contributed by atoms with Crippen LogP contribution in [0, 0.1) is 0 Å². The van der Waals surface area contributed by atoms with Crippen LogP contribution in [0.3, 0.4) is 0 Å². The van der Waals surface area contributed by atoms with Gasteiger partial charge in [-0.1, -0.05) is 60.7 Å². The van der Waals surface area contributed by atoms with Crippen LogP contribution in [0.25, 0.3) is 11.6 Å². The molecule has 2 atom stereocenters. The largest absolute Gasteiger partial charge is 0.388 e. The molecule has 1 fully saturated rings. The van der Waals surface area contributed by atoms with Gasteiger partial charge in [-0.05, 0) is 69.9 Å². The smallest absolute Gasteiger partial charge is 0.0343 e. The van der Waals surface area contributed by atoms with Gasteiger partial charge in [-0.2, -0.15) is 0 Å². The summed E-state index contributed by atoms with van der Waals surface area (Å²) in [6, 6.07) is 26.6. The van der Waals surface area contributed by atoms with Gasteiger partial charge in [-0.15, -0.1) is 0 Å². The summed E-state index contributed by atoms with van der Waals surface area (Å²) in [4.78, 5) is 0. The van der Waals surface area contributed by atoms with Crippen LogP contribution in [-0.2, 0) is 0 Å². The predicted molar refractivity (Wildman–Crippen MR) is 106 cm³/mol. The van der Waals surface area contributed by atoms with E-state index in [0.29, 0.717) is 11.8 Å². The highest BCUT2D eigenvalue weighted by molar-refractivity contribution is 5.95. The third kappa shape index (κ3) is 2.39. The van der Waals surface area contributed by atoms with Crippen LogP contribution in [0.5, 0.6) is 0 Å². The maximum absolute atomic E-state index is 3.24. The van der Waals surface area contributed by atoms with Crippen molar-refractivity contribution in [1.29, 1.82) is 0 Å². The molecule has 1 saturated carbocycles. The Bertz CT molecular complexity index is 929. The zero-order valence-corrected chi connectivity index (χ0v) is 14.4. The Kier molecular flexibility index (Phi) is 3.27. The van der Waals surface area contributed by atoms with Gasteiger partial charge < -0.3 is 5.32 Å². The van der Waals surface area contributed by atoms with E-state index in [1.165, 1.54) is 39.8 Å². The summed E-state index contributed by atoms with van der Waals surface area (Å²) in [5, 5.41) is 3.24. The molecule has 3 aromatic carbocycles. The van der Waals surface area contributed by atoms with Crippen molar-refractivity contribution in [2.45, 2.75) is 18.3 Å². The summed E-state index contributed by atoms with van der Waals surface area (Å²) in [5.41, 5.74) is 9.56. The van der Waals surface area contributed by atoms with Gasteiger partial charge in [-0.25, -0.2) is 0 Å². The maximum atomic E-state index is 3.24. The third-order valence-electron chi connectivity index (χ3n) is 5.58. The Morgan fingerprint density at radius 3 is 2.08 bits per heavy atom. The molecule has 0 radical (unpaired) electrons. The van der Waals surface area contributed by atoms with Gasteiger partial charge in [0.2, 0.25) is 0 Å². The SMILES string of the molecule is CNc1cccc(/C=C2/c3ccccc3C3C[C@@H]3c3ccccc32)c1. The summed E-state index contributed by atoms with van der Waals surface area (Å²) >= 11 is 0. The first-order chi connectivity index (χ1) is 12.3. The lowest BCUT2D eigenvalue weighted by atomic mass is 9.90. The molecule has 5 rings (SSSR count). The Morgan fingerprint density at radius 2 is 1.44 bits per heavy atom. The van der Waals surface area contributed by atoms with Gasteiger partial charge in [0.15, 0.2) is 0 Å². The molecule has 2 aliphatic carbocycles. The number of benzene rings is 3. The van der Waals surface area contributed by atoms with Crippen molar-refractivity contribution in [3.8, 4) is 0 Å². The second-order valence-corrected chi connectivity index (χ2v) is 7.06. The van der Waals surface area contributed by atoms with Gasteiger partial charge in [0.05, 0.1) is 0 Å². The van der Waals surface area contributed by atoms with Crippen molar-refractivity contribution in [1.82, 2.24) is 0 Å². The fraction of sp³-hybridized carbons (Fsp3) is 0.167. The predicted octanol–water partition coefficient (Wildman–Crippen LogP) is 5.90. The number of anilines is 1. The molecule has 0 aliphatic heterocycles. The van der Waals surface area contributed by atoms with Crippen LogP contribution in [0.1, 0.15) is 46.1 Å². The van der Waals surface area contributed by atoms with Gasteiger partial charge in [0, 0.05) is 12.7 Å². The monoisotopic (exact) mass is 323 g/mol. The Balaban J connectivity index is 1.76. The normalized spacial score (nSPS) is 21.7. The average Bonchev–Trinajstić information content (AvgIpc) is 3.47. The molecule has 2 aliphatic rings. The van der Waals surface area contributed by atoms with Gasteiger partial charge >= 0.3 is 0 Å². The van der Waals surface area contributed by atoms with E-state index in [1.807, 2.05) is 7.05 Å². The highest BCUT2D eigenvalue weighted by atomic mass is 14.8. The summed E-state index contributed by atoms with van der Waals surface area (Å²) < 4.78 is 0. The minimum atomic E-state index is 0.687. The zero-order chi connectivity index (χ0) is 16.8. The minimum absolute atomic E-state index is 0.687. The molecule has 1 nitrogen and oxygen atoms in total. The van der Waals surface area contributed by atoms with E-state index in [2.05, 4.69) is 84.2 Å². The molecule has 1 unspecified atom stereocenters. The van der Waals surface area contributed by atoms with E-state index >= 15 is 0 Å². The molecule has 0 aromatic heterocycles. The topological polar surface area (TPSA) is 12.0 Å². The van der Waals surface area contributed by atoms with E-state index in [-0.39, 0.29) is 0 Å². The summed E-state index contributed by atoms with van der Waals surface area (Å²) in [7, 11) is 1.97. The Morgan fingerprint density at radius 1 is 0.800 bits per heavy atom. The molecule has 0 spiro atoms. The Labute approximate surface area is 149 Å². The van der Waals surface area contributed by atoms with Gasteiger partial charge in [-0.3, -0.25) is 0 Å². The van der Waals surface area contributed by atoms with Crippen molar-refractivity contribution in [3.63, 3.8) is 0 Å². The molecule has 1 N–H and O–H groups in total. The second kappa shape index (κ2) is 5.63. The summed E-state index contributed by atoms with van der Waals surface area (Å²) in [5.74, 6) is 1.37. The van der Waals surface area contributed by atoms with Crippen molar-refractivity contribution in [2.24, 2.45) is 0 Å². The van der Waals surface area contributed by atoms with Crippen LogP contribution in [0.4, 0.5) is 5.69 Å². The molecule has 0 saturated heterocycles. The van der Waals surface area contributed by atoms with Crippen LogP contribution >= 0.6 is 0 Å². The minimum Gasteiger partial charge on any atom is -0.388 e. The summed E-state index contributed by atoms with van der Waals surface area (Å²) in [6.45, 7) is 0. The lowest BCUT2D eigenvalue weighted by molar-refractivity contribution is 1.03. The van der Waals surface area contributed by atoms with Gasteiger partial charge in [0.1, 0.15) is 0 Å². The van der Waals surface area contributed by atoms with E-state index in [4.69, 9.17) is 0 Å². The number of hydrogen-bond acceptors (Lipinski definition) is 1. The molecule has 0 amide bonds. The van der Waals surface area contributed by atoms with Gasteiger partial charge in [0.25, 0.3) is 0 Å². The number of fused-ring (bicyclic) bond motifs is 5. The highest BCUT2D eigenvalue weighted by Gasteiger charge is 2.44. The van der Waals surface area contributed by atoms with E-state index in [1.54, 1.807) is 0 Å². The fourth-order valence-corrected chi connectivity index (χ4v) is 4.26. The first-order valence-electron chi connectivity index (χ1n) is 9.03. The molecule has 1 heteroatoms.